The second-order valence-corrected chi connectivity index (χ2v) is 4.58. The summed E-state index contributed by atoms with van der Waals surface area (Å²) in [5, 5.41) is 9.04. The van der Waals surface area contributed by atoms with Gasteiger partial charge in [-0.25, -0.2) is 0 Å². The Bertz CT molecular complexity index is 352. The van der Waals surface area contributed by atoms with Crippen LogP contribution in [0.1, 0.15) is 12.0 Å². The molecule has 1 N–H and O–H groups in total. The van der Waals surface area contributed by atoms with Crippen LogP contribution in [0.2, 0.25) is 0 Å². The second-order valence-electron chi connectivity index (χ2n) is 4.58. The van der Waals surface area contributed by atoms with E-state index >= 15 is 0 Å². The zero-order valence-electron chi connectivity index (χ0n) is 11.2. The van der Waals surface area contributed by atoms with Gasteiger partial charge in [0, 0.05) is 26.1 Å². The molecule has 0 bridgehead atoms. The van der Waals surface area contributed by atoms with Gasteiger partial charge >= 0.3 is 0 Å². The van der Waals surface area contributed by atoms with Crippen LogP contribution < -0.4 is 0 Å². The van der Waals surface area contributed by atoms with Crippen LogP contribution in [0.5, 0.6) is 0 Å². The van der Waals surface area contributed by atoms with Gasteiger partial charge in [-0.15, -0.1) is 0 Å². The molecule has 0 unspecified atom stereocenters. The third-order valence-corrected chi connectivity index (χ3v) is 2.71. The molecule has 1 aromatic carbocycles. The molecular formula is C14H22N2O2. The number of carbonyl (C=O) groups is 1. The number of aliphatic hydroxyl groups is 1. The van der Waals surface area contributed by atoms with Crippen molar-refractivity contribution >= 4 is 5.91 Å². The normalized spacial score (nSPS) is 10.7. The number of nitrogens with zero attached hydrogens (tertiary/aromatic N) is 2. The summed E-state index contributed by atoms with van der Waals surface area (Å²) >= 11 is 0. The van der Waals surface area contributed by atoms with E-state index in [0.717, 1.165) is 12.1 Å². The van der Waals surface area contributed by atoms with Gasteiger partial charge in [-0.3, -0.25) is 4.79 Å². The molecule has 1 rings (SSSR count). The van der Waals surface area contributed by atoms with Crippen molar-refractivity contribution in [2.24, 2.45) is 0 Å². The fraction of sp³-hybridized carbons (Fsp3) is 0.500. The minimum atomic E-state index is 0.000534. The van der Waals surface area contributed by atoms with Crippen LogP contribution in [-0.2, 0) is 11.3 Å². The molecule has 4 nitrogen and oxygen atoms in total. The first-order chi connectivity index (χ1) is 8.63. The Morgan fingerprint density at radius 1 is 1.17 bits per heavy atom. The van der Waals surface area contributed by atoms with Crippen LogP contribution in [-0.4, -0.2) is 54.6 Å². The van der Waals surface area contributed by atoms with Crippen molar-refractivity contribution in [1.29, 1.82) is 0 Å². The van der Waals surface area contributed by atoms with E-state index in [2.05, 4.69) is 0 Å². The first kappa shape index (κ1) is 14.7. The molecule has 0 aromatic heterocycles. The maximum atomic E-state index is 12.0. The highest BCUT2D eigenvalue weighted by Gasteiger charge is 2.13. The summed E-state index contributed by atoms with van der Waals surface area (Å²) in [5.74, 6) is 0.0848. The predicted molar refractivity (Wildman–Crippen MR) is 72.1 cm³/mol. The van der Waals surface area contributed by atoms with Gasteiger partial charge in [-0.1, -0.05) is 30.3 Å². The van der Waals surface area contributed by atoms with Crippen LogP contribution in [0, 0.1) is 0 Å². The quantitative estimate of drug-likeness (QED) is 0.784. The molecular weight excluding hydrogens is 228 g/mol. The molecule has 0 fully saturated rings. The van der Waals surface area contributed by atoms with E-state index in [1.165, 1.54) is 0 Å². The van der Waals surface area contributed by atoms with Crippen molar-refractivity contribution < 1.29 is 9.90 Å². The van der Waals surface area contributed by atoms with Crippen LogP contribution in [0.15, 0.2) is 30.3 Å². The summed E-state index contributed by atoms with van der Waals surface area (Å²) in [6.45, 7) is 1.69. The SMILES string of the molecule is CN(C)CCC(=O)N(CCO)Cc1ccccc1. The number of amides is 1. The molecule has 0 atom stereocenters. The van der Waals surface area contributed by atoms with Gasteiger partial charge in [-0.2, -0.15) is 0 Å². The van der Waals surface area contributed by atoms with E-state index < -0.39 is 0 Å². The number of aliphatic hydroxyl groups excluding tert-OH is 1. The topological polar surface area (TPSA) is 43.8 Å². The summed E-state index contributed by atoms with van der Waals surface area (Å²) in [6.07, 6.45) is 0.486. The minimum absolute atomic E-state index is 0.000534. The van der Waals surface area contributed by atoms with Crippen molar-refractivity contribution in [2.75, 3.05) is 33.8 Å². The molecule has 18 heavy (non-hydrogen) atoms. The summed E-state index contributed by atoms with van der Waals surface area (Å²) in [7, 11) is 3.89. The molecule has 4 heteroatoms. The van der Waals surface area contributed by atoms with E-state index in [0.29, 0.717) is 19.5 Å². The summed E-state index contributed by atoms with van der Waals surface area (Å²) in [5.41, 5.74) is 1.09. The molecule has 1 aromatic rings. The Balaban J connectivity index is 2.56. The van der Waals surface area contributed by atoms with Gasteiger partial charge in [0.05, 0.1) is 6.61 Å². The molecule has 0 aliphatic rings. The summed E-state index contributed by atoms with van der Waals surface area (Å²) in [6, 6.07) is 9.84. The molecule has 0 heterocycles. The van der Waals surface area contributed by atoms with Crippen molar-refractivity contribution in [3.63, 3.8) is 0 Å². The predicted octanol–water partition coefficient (Wildman–Crippen LogP) is 0.959. The largest absolute Gasteiger partial charge is 0.395 e. The number of hydrogen-bond acceptors (Lipinski definition) is 3. The zero-order valence-corrected chi connectivity index (χ0v) is 11.2. The van der Waals surface area contributed by atoms with E-state index in [-0.39, 0.29) is 12.5 Å². The highest BCUT2D eigenvalue weighted by molar-refractivity contribution is 5.76. The third kappa shape index (κ3) is 5.29. The Morgan fingerprint density at radius 3 is 2.39 bits per heavy atom. The maximum absolute atomic E-state index is 12.0. The Labute approximate surface area is 109 Å². The molecule has 100 valence electrons. The van der Waals surface area contributed by atoms with Crippen LogP contribution in [0.25, 0.3) is 0 Å². The molecule has 0 saturated heterocycles. The molecule has 0 radical (unpaired) electrons. The Hall–Kier alpha value is -1.39. The number of benzene rings is 1. The van der Waals surface area contributed by atoms with Gasteiger partial charge in [-0.05, 0) is 19.7 Å². The lowest BCUT2D eigenvalue weighted by molar-refractivity contribution is -0.132. The van der Waals surface area contributed by atoms with E-state index in [9.17, 15) is 4.79 Å². The summed E-state index contributed by atoms with van der Waals surface area (Å²) < 4.78 is 0. The molecule has 0 aliphatic heterocycles. The van der Waals surface area contributed by atoms with Crippen molar-refractivity contribution in [3.8, 4) is 0 Å². The Morgan fingerprint density at radius 2 is 1.83 bits per heavy atom. The van der Waals surface area contributed by atoms with Gasteiger partial charge in [0.1, 0.15) is 0 Å². The highest BCUT2D eigenvalue weighted by Crippen LogP contribution is 2.06. The van der Waals surface area contributed by atoms with Crippen LogP contribution >= 0.6 is 0 Å². The van der Waals surface area contributed by atoms with E-state index in [1.807, 2.05) is 49.3 Å². The minimum Gasteiger partial charge on any atom is -0.395 e. The van der Waals surface area contributed by atoms with E-state index in [1.54, 1.807) is 4.90 Å². The van der Waals surface area contributed by atoms with Gasteiger partial charge in [0.15, 0.2) is 0 Å². The average molecular weight is 250 g/mol. The molecule has 0 aliphatic carbocycles. The fourth-order valence-corrected chi connectivity index (χ4v) is 1.69. The first-order valence-electron chi connectivity index (χ1n) is 6.20. The maximum Gasteiger partial charge on any atom is 0.224 e. The highest BCUT2D eigenvalue weighted by atomic mass is 16.3. The number of carbonyl (C=O) groups excluding carboxylic acids is 1. The third-order valence-electron chi connectivity index (χ3n) is 2.71. The van der Waals surface area contributed by atoms with Gasteiger partial charge in [0.25, 0.3) is 0 Å². The number of hydrogen-bond donors (Lipinski definition) is 1. The lowest BCUT2D eigenvalue weighted by Crippen LogP contribution is -2.34. The lowest BCUT2D eigenvalue weighted by Gasteiger charge is -2.22. The van der Waals surface area contributed by atoms with Crippen molar-refractivity contribution in [1.82, 2.24) is 9.80 Å². The van der Waals surface area contributed by atoms with Crippen molar-refractivity contribution in [3.05, 3.63) is 35.9 Å². The van der Waals surface area contributed by atoms with Gasteiger partial charge in [0.2, 0.25) is 5.91 Å². The standard InChI is InChI=1S/C14H22N2O2/c1-15(2)9-8-14(18)16(10-11-17)12-13-6-4-3-5-7-13/h3-7,17H,8-12H2,1-2H3. The lowest BCUT2D eigenvalue weighted by atomic mass is 10.2. The molecule has 0 spiro atoms. The smallest absolute Gasteiger partial charge is 0.224 e. The average Bonchev–Trinajstić information content (AvgIpc) is 2.36. The second kappa shape index (κ2) is 7.84. The molecule has 1 amide bonds. The fourth-order valence-electron chi connectivity index (χ4n) is 1.69. The van der Waals surface area contributed by atoms with Gasteiger partial charge < -0.3 is 14.9 Å². The molecule has 0 saturated carbocycles. The van der Waals surface area contributed by atoms with Crippen LogP contribution in [0.3, 0.4) is 0 Å². The van der Waals surface area contributed by atoms with Crippen molar-refractivity contribution in [2.45, 2.75) is 13.0 Å². The first-order valence-corrected chi connectivity index (χ1v) is 6.20. The van der Waals surface area contributed by atoms with Crippen LogP contribution in [0.4, 0.5) is 0 Å². The number of rotatable bonds is 7. The van der Waals surface area contributed by atoms with E-state index in [4.69, 9.17) is 5.11 Å². The zero-order chi connectivity index (χ0) is 13.4. The Kier molecular flexibility index (Phi) is 6.39. The summed E-state index contributed by atoms with van der Waals surface area (Å²) in [4.78, 5) is 15.7. The monoisotopic (exact) mass is 250 g/mol.